The molecule has 0 saturated carbocycles. The zero-order valence-corrected chi connectivity index (χ0v) is 6.32. The summed E-state index contributed by atoms with van der Waals surface area (Å²) in [5.74, 6) is 0.154. The van der Waals surface area contributed by atoms with Gasteiger partial charge in [0.05, 0.1) is 0 Å². The minimum absolute atomic E-state index is 0.0342. The Morgan fingerprint density at radius 1 is 0.917 bits per heavy atom. The highest BCUT2D eigenvalue weighted by molar-refractivity contribution is 5.84. The van der Waals surface area contributed by atoms with Crippen molar-refractivity contribution in [2.24, 2.45) is 0 Å². The van der Waals surface area contributed by atoms with Crippen molar-refractivity contribution in [3.63, 3.8) is 0 Å². The molecule has 0 aliphatic rings. The lowest BCUT2D eigenvalue weighted by atomic mass is 10.1. The molecule has 2 heteroatoms. The maximum absolute atomic E-state index is 10.9. The van der Waals surface area contributed by atoms with Crippen LogP contribution < -0.4 is 0 Å². The first-order valence-electron chi connectivity index (χ1n) is 3.65. The zero-order chi connectivity index (χ0) is 8.55. The van der Waals surface area contributed by atoms with E-state index in [-0.39, 0.29) is 11.5 Å². The normalized spacial score (nSPS) is 10.3. The minimum atomic E-state index is -0.0342. The maximum Gasteiger partial charge on any atom is 0.179 e. The fraction of sp³-hybridized carbons (Fsp3) is 0. The number of rotatable bonds is 0. The predicted octanol–water partition coefficient (Wildman–Crippen LogP) is 2.69. The van der Waals surface area contributed by atoms with E-state index in [0.29, 0.717) is 0 Å². The highest BCUT2D eigenvalue weighted by Crippen LogP contribution is 2.23. The molecular formula is C10H7O2. The van der Waals surface area contributed by atoms with Gasteiger partial charge < -0.3 is 5.11 Å². The molecule has 2 rings (SSSR count). The average Bonchev–Trinajstić information content (AvgIpc) is 2.03. The molecule has 2 aromatic rings. The molecule has 0 aliphatic carbocycles. The molecule has 1 N–H and O–H groups in total. The number of phenols is 1. The van der Waals surface area contributed by atoms with E-state index >= 15 is 0 Å². The molecule has 0 fully saturated rings. The van der Waals surface area contributed by atoms with E-state index in [1.54, 1.807) is 24.3 Å². The van der Waals surface area contributed by atoms with Crippen molar-refractivity contribution in [1.29, 1.82) is 0 Å². The Hall–Kier alpha value is -1.70. The molecule has 2 aromatic carbocycles. The molecule has 0 unspecified atom stereocenters. The molecule has 1 radical (unpaired) electrons. The first-order chi connectivity index (χ1) is 5.75. The highest BCUT2D eigenvalue weighted by atomic mass is 16.3. The highest BCUT2D eigenvalue weighted by Gasteiger charge is 1.96. The molecule has 2 nitrogen and oxygen atoms in total. The summed E-state index contributed by atoms with van der Waals surface area (Å²) in [6.45, 7) is 0. The minimum Gasteiger partial charge on any atom is -0.508 e. The van der Waals surface area contributed by atoms with Gasteiger partial charge in [0.25, 0.3) is 0 Å². The van der Waals surface area contributed by atoms with Crippen molar-refractivity contribution in [2.75, 3.05) is 0 Å². The summed E-state index contributed by atoms with van der Waals surface area (Å²) in [7, 11) is 0. The van der Waals surface area contributed by atoms with Crippen molar-refractivity contribution >= 4 is 10.8 Å². The summed E-state index contributed by atoms with van der Waals surface area (Å²) < 4.78 is 0. The molecule has 12 heavy (non-hydrogen) atoms. The van der Waals surface area contributed by atoms with Gasteiger partial charge >= 0.3 is 0 Å². The van der Waals surface area contributed by atoms with Gasteiger partial charge in [0.1, 0.15) is 5.75 Å². The fourth-order valence-electron chi connectivity index (χ4n) is 1.21. The van der Waals surface area contributed by atoms with Crippen LogP contribution in [0.5, 0.6) is 11.5 Å². The Morgan fingerprint density at radius 2 is 1.67 bits per heavy atom. The van der Waals surface area contributed by atoms with Gasteiger partial charge in [0.2, 0.25) is 0 Å². The van der Waals surface area contributed by atoms with Gasteiger partial charge in [-0.05, 0) is 35.0 Å². The molecule has 59 valence electrons. The van der Waals surface area contributed by atoms with Crippen molar-refractivity contribution in [1.82, 2.24) is 0 Å². The van der Waals surface area contributed by atoms with E-state index in [0.717, 1.165) is 10.8 Å². The van der Waals surface area contributed by atoms with Gasteiger partial charge in [-0.2, -0.15) is 0 Å². The second-order valence-corrected chi connectivity index (χ2v) is 2.69. The van der Waals surface area contributed by atoms with Crippen LogP contribution in [0.4, 0.5) is 0 Å². The van der Waals surface area contributed by atoms with Crippen LogP contribution in [0.25, 0.3) is 10.8 Å². The van der Waals surface area contributed by atoms with Gasteiger partial charge in [-0.15, -0.1) is 0 Å². The number of fused-ring (bicyclic) bond motifs is 1. The van der Waals surface area contributed by atoms with Crippen LogP contribution in [-0.2, 0) is 5.11 Å². The molecular weight excluding hydrogens is 152 g/mol. The fourth-order valence-corrected chi connectivity index (χ4v) is 1.21. The van der Waals surface area contributed by atoms with E-state index in [1.165, 1.54) is 12.1 Å². The Morgan fingerprint density at radius 3 is 2.50 bits per heavy atom. The second kappa shape index (κ2) is 2.41. The van der Waals surface area contributed by atoms with Crippen LogP contribution in [0.15, 0.2) is 36.4 Å². The Labute approximate surface area is 69.7 Å². The zero-order valence-electron chi connectivity index (χ0n) is 6.32. The number of hydrogen-bond donors (Lipinski definition) is 1. The van der Waals surface area contributed by atoms with E-state index in [2.05, 4.69) is 0 Å². The molecule has 0 bridgehead atoms. The van der Waals surface area contributed by atoms with E-state index in [4.69, 9.17) is 5.11 Å². The SMILES string of the molecule is [O]c1ccc2ccc(O)cc2c1. The number of hydrogen-bond acceptors (Lipinski definition) is 1. The molecule has 0 spiro atoms. The van der Waals surface area contributed by atoms with E-state index in [9.17, 15) is 5.11 Å². The first kappa shape index (κ1) is 6.98. The van der Waals surface area contributed by atoms with Crippen molar-refractivity contribution < 1.29 is 10.2 Å². The van der Waals surface area contributed by atoms with E-state index < -0.39 is 0 Å². The van der Waals surface area contributed by atoms with Crippen LogP contribution in [0.3, 0.4) is 0 Å². The summed E-state index contributed by atoms with van der Waals surface area (Å²) >= 11 is 0. The predicted molar refractivity (Wildman–Crippen MR) is 45.7 cm³/mol. The van der Waals surface area contributed by atoms with Crippen LogP contribution in [0, 0.1) is 0 Å². The monoisotopic (exact) mass is 159 g/mol. The lowest BCUT2D eigenvalue weighted by Gasteiger charge is -1.97. The smallest absolute Gasteiger partial charge is 0.179 e. The van der Waals surface area contributed by atoms with Gasteiger partial charge in [0.15, 0.2) is 5.75 Å². The quantitative estimate of drug-likeness (QED) is 0.630. The van der Waals surface area contributed by atoms with Gasteiger partial charge in [-0.3, -0.25) is 5.11 Å². The van der Waals surface area contributed by atoms with Gasteiger partial charge in [0, 0.05) is 0 Å². The largest absolute Gasteiger partial charge is 0.508 e. The summed E-state index contributed by atoms with van der Waals surface area (Å²) in [5.41, 5.74) is 0. The van der Waals surface area contributed by atoms with Crippen LogP contribution in [0.1, 0.15) is 0 Å². The standard InChI is InChI=1S/C10H7O2/c11-9-3-1-7-2-4-10(12)6-8(7)5-9/h1-6,11H. The van der Waals surface area contributed by atoms with Crippen molar-refractivity contribution in [3.8, 4) is 11.5 Å². The van der Waals surface area contributed by atoms with Crippen molar-refractivity contribution in [3.05, 3.63) is 36.4 Å². The number of benzene rings is 2. The second-order valence-electron chi connectivity index (χ2n) is 2.69. The lowest BCUT2D eigenvalue weighted by molar-refractivity contribution is 0.355. The molecule has 0 heterocycles. The summed E-state index contributed by atoms with van der Waals surface area (Å²) in [6.07, 6.45) is 0. The number of aromatic hydroxyl groups is 1. The van der Waals surface area contributed by atoms with E-state index in [1.807, 2.05) is 0 Å². The summed E-state index contributed by atoms with van der Waals surface area (Å²) in [5, 5.41) is 21.8. The molecule has 0 saturated heterocycles. The third-order valence-corrected chi connectivity index (χ3v) is 1.80. The Balaban J connectivity index is 2.80. The number of phenolic OH excluding ortho intramolecular Hbond substituents is 1. The van der Waals surface area contributed by atoms with Crippen LogP contribution >= 0.6 is 0 Å². The molecule has 0 amide bonds. The summed E-state index contributed by atoms with van der Waals surface area (Å²) in [4.78, 5) is 0. The lowest BCUT2D eigenvalue weighted by Crippen LogP contribution is -1.71. The Bertz CT molecular complexity index is 384. The first-order valence-corrected chi connectivity index (χ1v) is 3.65. The van der Waals surface area contributed by atoms with Gasteiger partial charge in [-0.25, -0.2) is 0 Å². The third-order valence-electron chi connectivity index (χ3n) is 1.80. The molecule has 0 aliphatic heterocycles. The van der Waals surface area contributed by atoms with Crippen LogP contribution in [0.2, 0.25) is 0 Å². The van der Waals surface area contributed by atoms with Crippen molar-refractivity contribution in [2.45, 2.75) is 0 Å². The topological polar surface area (TPSA) is 40.1 Å². The average molecular weight is 159 g/mol. The van der Waals surface area contributed by atoms with Gasteiger partial charge in [-0.1, -0.05) is 12.1 Å². The summed E-state index contributed by atoms with van der Waals surface area (Å²) in [6, 6.07) is 9.74. The Kier molecular flexibility index (Phi) is 1.40. The molecule has 0 aromatic heterocycles. The third kappa shape index (κ3) is 1.07. The molecule has 0 atom stereocenters. The maximum atomic E-state index is 10.9. The van der Waals surface area contributed by atoms with Crippen LogP contribution in [-0.4, -0.2) is 5.11 Å².